The monoisotopic (exact) mass is 337 g/mol. The molecule has 0 unspecified atom stereocenters. The first-order valence-corrected chi connectivity index (χ1v) is 7.07. The molecule has 22 heavy (non-hydrogen) atoms. The predicted molar refractivity (Wildman–Crippen MR) is 91.4 cm³/mol. The summed E-state index contributed by atoms with van der Waals surface area (Å²) in [6, 6.07) is 11.7. The number of hydrogen-bond donors (Lipinski definition) is 2. The molecule has 114 valence electrons. The average Bonchev–Trinajstić information content (AvgIpc) is 2.50. The molecule has 2 rings (SSSR count). The van der Waals surface area contributed by atoms with Crippen molar-refractivity contribution < 1.29 is 9.13 Å². The van der Waals surface area contributed by atoms with Crippen molar-refractivity contribution in [2.24, 2.45) is 5.10 Å². The number of hydrazone groups is 1. The lowest BCUT2D eigenvalue weighted by Crippen LogP contribution is -2.23. The van der Waals surface area contributed by atoms with E-state index in [1.54, 1.807) is 19.2 Å². The van der Waals surface area contributed by atoms with Gasteiger partial charge < -0.3 is 10.1 Å². The standard InChI is InChI=1S/C15H13ClFN3OS/c1-21-11-5-2-4-10(8-11)19-15(22)20-18-9-12-13(16)6-3-7-14(12)17/h2-9H,1H3,(H2,19,20,22)/b18-9+. The Kier molecular flexibility index (Phi) is 5.68. The number of nitrogens with one attached hydrogen (secondary N) is 2. The number of rotatable bonds is 4. The number of ether oxygens (including phenoxy) is 1. The maximum absolute atomic E-state index is 13.5. The Morgan fingerprint density at radius 2 is 2.09 bits per heavy atom. The summed E-state index contributed by atoms with van der Waals surface area (Å²) in [5.41, 5.74) is 3.54. The molecule has 2 aromatic rings. The molecule has 2 aromatic carbocycles. The van der Waals surface area contributed by atoms with Crippen LogP contribution < -0.4 is 15.5 Å². The fourth-order valence-corrected chi connectivity index (χ4v) is 2.03. The van der Waals surface area contributed by atoms with Gasteiger partial charge in [0.2, 0.25) is 0 Å². The van der Waals surface area contributed by atoms with E-state index in [1.807, 2.05) is 18.2 Å². The van der Waals surface area contributed by atoms with Crippen LogP contribution in [-0.4, -0.2) is 18.4 Å². The number of thiocarbonyl (C=S) groups is 1. The van der Waals surface area contributed by atoms with Crippen molar-refractivity contribution in [3.8, 4) is 5.75 Å². The van der Waals surface area contributed by atoms with Crippen molar-refractivity contribution in [1.82, 2.24) is 5.43 Å². The van der Waals surface area contributed by atoms with Crippen LogP contribution in [0.2, 0.25) is 5.02 Å². The van der Waals surface area contributed by atoms with Crippen LogP contribution in [0.1, 0.15) is 5.56 Å². The average molecular weight is 338 g/mol. The van der Waals surface area contributed by atoms with Crippen molar-refractivity contribution in [3.63, 3.8) is 0 Å². The molecule has 0 aromatic heterocycles. The lowest BCUT2D eigenvalue weighted by atomic mass is 10.2. The van der Waals surface area contributed by atoms with Gasteiger partial charge in [0.15, 0.2) is 5.11 Å². The van der Waals surface area contributed by atoms with Gasteiger partial charge in [0.1, 0.15) is 11.6 Å². The summed E-state index contributed by atoms with van der Waals surface area (Å²) in [5, 5.41) is 7.34. The predicted octanol–water partition coefficient (Wildman–Crippen LogP) is 3.81. The van der Waals surface area contributed by atoms with E-state index in [4.69, 9.17) is 28.6 Å². The summed E-state index contributed by atoms with van der Waals surface area (Å²) in [6.45, 7) is 0. The fraction of sp³-hybridized carbons (Fsp3) is 0.0667. The summed E-state index contributed by atoms with van der Waals surface area (Å²) in [4.78, 5) is 0. The SMILES string of the molecule is COc1cccc(NC(=S)N/N=C/c2c(F)cccc2Cl)c1. The van der Waals surface area contributed by atoms with Crippen LogP contribution in [0.4, 0.5) is 10.1 Å². The van der Waals surface area contributed by atoms with Gasteiger partial charge in [0, 0.05) is 17.3 Å². The minimum absolute atomic E-state index is 0.195. The van der Waals surface area contributed by atoms with Gasteiger partial charge in [-0.1, -0.05) is 23.7 Å². The normalized spacial score (nSPS) is 10.5. The first-order valence-electron chi connectivity index (χ1n) is 6.28. The topological polar surface area (TPSA) is 45.6 Å². The summed E-state index contributed by atoms with van der Waals surface area (Å²) in [5.74, 6) is 0.249. The van der Waals surface area contributed by atoms with Crippen LogP contribution in [-0.2, 0) is 0 Å². The molecule has 0 heterocycles. The first-order chi connectivity index (χ1) is 10.6. The van der Waals surface area contributed by atoms with Gasteiger partial charge in [-0.25, -0.2) is 4.39 Å². The highest BCUT2D eigenvalue weighted by Crippen LogP contribution is 2.17. The van der Waals surface area contributed by atoms with Crippen molar-refractivity contribution >= 4 is 40.8 Å². The van der Waals surface area contributed by atoms with Crippen molar-refractivity contribution in [2.75, 3.05) is 12.4 Å². The number of nitrogens with zero attached hydrogens (tertiary/aromatic N) is 1. The zero-order valence-corrected chi connectivity index (χ0v) is 13.2. The van der Waals surface area contributed by atoms with Crippen LogP contribution in [0.3, 0.4) is 0 Å². The van der Waals surface area contributed by atoms with E-state index < -0.39 is 5.82 Å². The third-order valence-electron chi connectivity index (χ3n) is 2.69. The molecule has 0 bridgehead atoms. The summed E-state index contributed by atoms with van der Waals surface area (Å²) in [6.07, 6.45) is 1.28. The quantitative estimate of drug-likeness (QED) is 0.506. The molecule has 0 radical (unpaired) electrons. The number of anilines is 1. The summed E-state index contributed by atoms with van der Waals surface area (Å²) in [7, 11) is 1.58. The van der Waals surface area contributed by atoms with Crippen molar-refractivity contribution in [3.05, 3.63) is 58.9 Å². The van der Waals surface area contributed by atoms with Crippen LogP contribution in [0.25, 0.3) is 0 Å². The molecule has 0 fully saturated rings. The van der Waals surface area contributed by atoms with Crippen molar-refractivity contribution in [1.29, 1.82) is 0 Å². The molecule has 0 saturated heterocycles. The highest BCUT2D eigenvalue weighted by molar-refractivity contribution is 7.80. The van der Waals surface area contributed by atoms with E-state index in [9.17, 15) is 4.39 Å². The van der Waals surface area contributed by atoms with Gasteiger partial charge in [-0.05, 0) is 36.5 Å². The molecular weight excluding hydrogens is 325 g/mol. The Labute approximate surface area is 137 Å². The third kappa shape index (κ3) is 4.41. The van der Waals surface area contributed by atoms with Gasteiger partial charge in [-0.2, -0.15) is 5.10 Å². The Morgan fingerprint density at radius 1 is 1.32 bits per heavy atom. The van der Waals surface area contributed by atoms with Crippen LogP contribution in [0.15, 0.2) is 47.6 Å². The number of methoxy groups -OCH3 is 1. The minimum atomic E-state index is -0.454. The van der Waals surface area contributed by atoms with Gasteiger partial charge in [-0.15, -0.1) is 0 Å². The largest absolute Gasteiger partial charge is 0.497 e. The lowest BCUT2D eigenvalue weighted by molar-refractivity contribution is 0.415. The Balaban J connectivity index is 1.96. The number of hydrogen-bond acceptors (Lipinski definition) is 3. The Bertz CT molecular complexity index is 689. The number of benzene rings is 2. The third-order valence-corrected chi connectivity index (χ3v) is 3.21. The second kappa shape index (κ2) is 7.72. The van der Waals surface area contributed by atoms with E-state index >= 15 is 0 Å². The minimum Gasteiger partial charge on any atom is -0.497 e. The highest BCUT2D eigenvalue weighted by atomic mass is 35.5. The molecule has 0 saturated carbocycles. The van der Waals surface area contributed by atoms with E-state index in [0.29, 0.717) is 5.75 Å². The smallest absolute Gasteiger partial charge is 0.191 e. The Morgan fingerprint density at radius 3 is 2.82 bits per heavy atom. The summed E-state index contributed by atoms with van der Waals surface area (Å²) >= 11 is 11.0. The van der Waals surface area contributed by atoms with E-state index in [1.165, 1.54) is 18.3 Å². The second-order valence-electron chi connectivity index (χ2n) is 4.19. The van der Waals surface area contributed by atoms with Crippen molar-refractivity contribution in [2.45, 2.75) is 0 Å². The molecule has 0 atom stereocenters. The zero-order valence-electron chi connectivity index (χ0n) is 11.6. The molecule has 4 nitrogen and oxygen atoms in total. The molecule has 0 spiro atoms. The molecule has 0 aliphatic carbocycles. The van der Waals surface area contributed by atoms with Gasteiger partial charge in [0.05, 0.1) is 18.3 Å². The fourth-order valence-electron chi connectivity index (χ4n) is 1.65. The molecule has 0 aliphatic rings. The van der Waals surface area contributed by atoms with Gasteiger partial charge in [0.25, 0.3) is 0 Å². The van der Waals surface area contributed by atoms with Crippen LogP contribution >= 0.6 is 23.8 Å². The van der Waals surface area contributed by atoms with Crippen LogP contribution in [0, 0.1) is 5.82 Å². The van der Waals surface area contributed by atoms with Gasteiger partial charge >= 0.3 is 0 Å². The zero-order chi connectivity index (χ0) is 15.9. The van der Waals surface area contributed by atoms with E-state index in [-0.39, 0.29) is 15.7 Å². The first kappa shape index (κ1) is 16.2. The number of halogens is 2. The van der Waals surface area contributed by atoms with Crippen LogP contribution in [0.5, 0.6) is 5.75 Å². The van der Waals surface area contributed by atoms with E-state index in [2.05, 4.69) is 15.8 Å². The Hall–Kier alpha value is -2.18. The molecular formula is C15H13ClFN3OS. The molecule has 7 heteroatoms. The maximum Gasteiger partial charge on any atom is 0.191 e. The molecule has 0 amide bonds. The lowest BCUT2D eigenvalue weighted by Gasteiger charge is -2.08. The van der Waals surface area contributed by atoms with E-state index in [0.717, 1.165) is 5.69 Å². The second-order valence-corrected chi connectivity index (χ2v) is 5.01. The molecule has 0 aliphatic heterocycles. The van der Waals surface area contributed by atoms with Gasteiger partial charge in [-0.3, -0.25) is 5.43 Å². The molecule has 2 N–H and O–H groups in total. The maximum atomic E-state index is 13.5. The highest BCUT2D eigenvalue weighted by Gasteiger charge is 2.03. The summed E-state index contributed by atoms with van der Waals surface area (Å²) < 4.78 is 18.7.